The molecule has 0 aliphatic heterocycles. The highest BCUT2D eigenvalue weighted by Crippen LogP contribution is 2.34. The van der Waals surface area contributed by atoms with Gasteiger partial charge in [0.05, 0.1) is 73.1 Å². The first-order chi connectivity index (χ1) is 29.6. The third kappa shape index (κ3) is 9.02. The van der Waals surface area contributed by atoms with E-state index in [1.165, 1.54) is 49.1 Å². The average Bonchev–Trinajstić information content (AvgIpc) is 3.96. The summed E-state index contributed by atoms with van der Waals surface area (Å²) in [6.07, 6.45) is 6.01. The van der Waals surface area contributed by atoms with E-state index in [2.05, 4.69) is 76.1 Å². The second-order valence-corrected chi connectivity index (χ2v) is 15.0. The Bertz CT molecular complexity index is 3220. The molecule has 0 atom stereocenters. The zero-order chi connectivity index (χ0) is 42.6. The maximum Gasteiger partial charge on any atom is 0.182 e. The van der Waals surface area contributed by atoms with E-state index in [9.17, 15) is 8.78 Å². The molecule has 0 aliphatic rings. The molecule has 61 heavy (non-hydrogen) atoms. The summed E-state index contributed by atoms with van der Waals surface area (Å²) in [7, 11) is 0. The van der Waals surface area contributed by atoms with Crippen molar-refractivity contribution in [2.75, 3.05) is 5.32 Å². The van der Waals surface area contributed by atoms with Gasteiger partial charge >= 0.3 is 0 Å². The van der Waals surface area contributed by atoms with E-state index in [1.807, 2.05) is 6.07 Å². The van der Waals surface area contributed by atoms with E-state index in [1.54, 1.807) is 43.0 Å². The number of hydrogen-bond acceptors (Lipinski definition) is 12. The fourth-order valence-corrected chi connectivity index (χ4v) is 7.24. The molecule has 0 saturated heterocycles. The zero-order valence-corrected chi connectivity index (χ0v) is 35.5. The number of anilines is 1. The summed E-state index contributed by atoms with van der Waals surface area (Å²) < 4.78 is 28.2. The zero-order valence-electron chi connectivity index (χ0n) is 30.8. The summed E-state index contributed by atoms with van der Waals surface area (Å²) in [5.74, 6) is -0.274. The van der Waals surface area contributed by atoms with Crippen LogP contribution in [0, 0.1) is 11.6 Å². The van der Waals surface area contributed by atoms with Gasteiger partial charge in [0.2, 0.25) is 0 Å². The molecule has 10 aromatic rings. The van der Waals surface area contributed by atoms with Crippen LogP contribution >= 0.6 is 62.3 Å². The number of aromatic amines is 2. The van der Waals surface area contributed by atoms with Gasteiger partial charge in [-0.2, -0.15) is 0 Å². The Labute approximate surface area is 371 Å². The van der Waals surface area contributed by atoms with Gasteiger partial charge in [0, 0.05) is 17.7 Å². The monoisotopic (exact) mass is 958 g/mol. The molecule has 5 N–H and O–H groups in total. The minimum Gasteiger partial charge on any atom is -0.362 e. The maximum atomic E-state index is 14.0. The van der Waals surface area contributed by atoms with Gasteiger partial charge in [0.1, 0.15) is 51.0 Å². The third-order valence-corrected chi connectivity index (χ3v) is 10.7. The van der Waals surface area contributed by atoms with Gasteiger partial charge in [0.25, 0.3) is 0 Å². The van der Waals surface area contributed by atoms with Crippen LogP contribution in [0.25, 0.3) is 66.9 Å². The normalized spacial score (nSPS) is 11.1. The third-order valence-electron chi connectivity index (χ3n) is 8.82. The van der Waals surface area contributed by atoms with Crippen molar-refractivity contribution in [1.82, 2.24) is 59.8 Å². The van der Waals surface area contributed by atoms with Crippen LogP contribution in [0.5, 0.6) is 0 Å². The first-order valence-electron chi connectivity index (χ1n) is 17.8. The lowest BCUT2D eigenvalue weighted by molar-refractivity contribution is 0.628. The Kier molecular flexibility index (Phi) is 12.5. The van der Waals surface area contributed by atoms with Crippen molar-refractivity contribution in [2.24, 2.45) is 5.73 Å². The summed E-state index contributed by atoms with van der Waals surface area (Å²) >= 11 is 28.2. The van der Waals surface area contributed by atoms with Gasteiger partial charge in [-0.05, 0) is 76.6 Å². The van der Waals surface area contributed by atoms with E-state index in [0.717, 1.165) is 10.1 Å². The van der Waals surface area contributed by atoms with E-state index >= 15 is 0 Å². The molecule has 0 amide bonds. The van der Waals surface area contributed by atoms with Gasteiger partial charge < -0.3 is 21.0 Å². The Morgan fingerprint density at radius 3 is 1.69 bits per heavy atom. The van der Waals surface area contributed by atoms with Crippen molar-refractivity contribution in [3.8, 4) is 22.5 Å². The number of nitrogens with one attached hydrogen (secondary N) is 3. The number of nitrogens with zero attached hydrogens (tertiary/aromatic N) is 10. The van der Waals surface area contributed by atoms with Crippen LogP contribution in [0.15, 0.2) is 103 Å². The number of aromatic nitrogens is 12. The molecule has 6 heterocycles. The average molecular weight is 961 g/mol. The minimum atomic E-state index is -0.427. The largest absolute Gasteiger partial charge is 0.362 e. The molecule has 0 spiro atoms. The van der Waals surface area contributed by atoms with Crippen molar-refractivity contribution >= 4 is 113 Å². The molecule has 0 fully saturated rings. The standard InChI is InChI=1S/C20H12Cl2FN7.C15H10Cl2FN3.C5H3BrN4/c21-12-5-4-10(23)6-11(12)16-15(29-14-3-1-2-13(22)17(14)30-16)7-24-19-18-20(26-8-25-18)28-9-27-19;16-10-5-4-8(18)6-9(10)14-13(7-19)20-12-3-1-2-11(17)15(12)21-14;6-4-3-5(9-1-7-3)10-2-8-4/h1-6,8-9H,7H2,(H2,24,25,26,27,28);1-6H,7,19H2;1-2H,(H,7,8,9,10). The van der Waals surface area contributed by atoms with Crippen LogP contribution in [-0.2, 0) is 13.1 Å². The number of hydrogen-bond donors (Lipinski definition) is 4. The Hall–Kier alpha value is -6.08. The molecule has 0 saturated carbocycles. The molecule has 21 heteroatoms. The maximum absolute atomic E-state index is 14.0. The van der Waals surface area contributed by atoms with Gasteiger partial charge in [0.15, 0.2) is 17.1 Å². The highest BCUT2D eigenvalue weighted by atomic mass is 79.9. The smallest absolute Gasteiger partial charge is 0.182 e. The van der Waals surface area contributed by atoms with Crippen molar-refractivity contribution in [1.29, 1.82) is 0 Å². The second-order valence-electron chi connectivity index (χ2n) is 12.6. The molecule has 0 unspecified atom stereocenters. The van der Waals surface area contributed by atoms with Crippen molar-refractivity contribution < 1.29 is 8.78 Å². The molecule has 14 nitrogen and oxygen atoms in total. The molecule has 0 bridgehead atoms. The Morgan fingerprint density at radius 2 is 1.11 bits per heavy atom. The summed E-state index contributed by atoms with van der Waals surface area (Å²) in [6, 6.07) is 18.8. The summed E-state index contributed by atoms with van der Waals surface area (Å²) in [6.45, 7) is 0.417. The van der Waals surface area contributed by atoms with Gasteiger partial charge in [-0.3, -0.25) is 0 Å². The number of halogens is 7. The van der Waals surface area contributed by atoms with E-state index < -0.39 is 11.6 Å². The number of fused-ring (bicyclic) bond motifs is 4. The van der Waals surface area contributed by atoms with Crippen LogP contribution in [0.4, 0.5) is 14.6 Å². The topological polar surface area (TPSA) is 199 Å². The number of nitrogens with two attached hydrogens (primary N) is 1. The van der Waals surface area contributed by atoms with Crippen LogP contribution in [0.2, 0.25) is 20.1 Å². The molecule has 4 aromatic carbocycles. The quantitative estimate of drug-likeness (QED) is 0.115. The number of imidazole rings is 2. The molecule has 304 valence electrons. The molecule has 6 aromatic heterocycles. The summed E-state index contributed by atoms with van der Waals surface area (Å²) in [5.41, 5.74) is 13.6. The van der Waals surface area contributed by atoms with Gasteiger partial charge in [-0.1, -0.05) is 58.5 Å². The summed E-state index contributed by atoms with van der Waals surface area (Å²) in [4.78, 5) is 48.5. The molecular weight excluding hydrogens is 936 g/mol. The molecule has 0 radical (unpaired) electrons. The predicted molar refractivity (Wildman–Crippen MR) is 236 cm³/mol. The van der Waals surface area contributed by atoms with E-state index in [0.29, 0.717) is 98.7 Å². The minimum absolute atomic E-state index is 0.164. The Morgan fingerprint density at radius 1 is 0.590 bits per heavy atom. The van der Waals surface area contributed by atoms with Crippen LogP contribution in [0.3, 0.4) is 0 Å². The Balaban J connectivity index is 0.000000143. The molecule has 0 aliphatic carbocycles. The first-order valence-corrected chi connectivity index (χ1v) is 20.1. The predicted octanol–water partition coefficient (Wildman–Crippen LogP) is 10.3. The lowest BCUT2D eigenvalue weighted by Gasteiger charge is -2.13. The lowest BCUT2D eigenvalue weighted by Crippen LogP contribution is -2.08. The first kappa shape index (κ1) is 41.6. The SMILES string of the molecule is Brc1ncnc2nc[nH]c12.Fc1ccc(Cl)c(-c2nc3c(Cl)cccc3nc2CNc2ncnc3nc[nH]c23)c1.NCc1nc2cccc(Cl)c2nc1-c1cc(F)ccc1Cl. The second kappa shape index (κ2) is 18.3. The van der Waals surface area contributed by atoms with Crippen LogP contribution in [-0.4, -0.2) is 59.8 Å². The fourth-order valence-electron chi connectivity index (χ4n) is 6.02. The highest BCUT2D eigenvalue weighted by Gasteiger charge is 2.18. The fraction of sp³-hybridized carbons (Fsp3) is 0.0500. The number of para-hydroxylation sites is 2. The number of benzene rings is 4. The van der Waals surface area contributed by atoms with Crippen LogP contribution in [0.1, 0.15) is 11.4 Å². The van der Waals surface area contributed by atoms with Crippen molar-refractivity contribution in [3.63, 3.8) is 0 Å². The highest BCUT2D eigenvalue weighted by molar-refractivity contribution is 9.10. The lowest BCUT2D eigenvalue weighted by atomic mass is 10.1. The van der Waals surface area contributed by atoms with Crippen molar-refractivity contribution in [2.45, 2.75) is 13.1 Å². The van der Waals surface area contributed by atoms with Gasteiger partial charge in [-0.15, -0.1) is 0 Å². The van der Waals surface area contributed by atoms with Crippen molar-refractivity contribution in [3.05, 3.63) is 146 Å². The number of rotatable bonds is 6. The summed E-state index contributed by atoms with van der Waals surface area (Å²) in [5, 5.41) is 4.88. The van der Waals surface area contributed by atoms with Gasteiger partial charge in [-0.25, -0.2) is 58.6 Å². The molecular formula is C40H25BrCl4F2N14. The van der Waals surface area contributed by atoms with E-state index in [-0.39, 0.29) is 13.1 Å². The van der Waals surface area contributed by atoms with E-state index in [4.69, 9.17) is 57.1 Å². The molecule has 10 rings (SSSR count). The van der Waals surface area contributed by atoms with Crippen LogP contribution < -0.4 is 11.1 Å². The number of H-pyrrole nitrogens is 2.